The molecule has 3 aromatic rings. The minimum Gasteiger partial charge on any atom is -0.489 e. The van der Waals surface area contributed by atoms with Gasteiger partial charge in [-0.25, -0.2) is 0 Å². The van der Waals surface area contributed by atoms with Crippen molar-refractivity contribution in [1.82, 2.24) is 10.5 Å². The molecular formula is C21H21BrN2O3. The second kappa shape index (κ2) is 8.86. The van der Waals surface area contributed by atoms with Gasteiger partial charge in [0.1, 0.15) is 18.1 Å². The number of nitrogens with one attached hydrogen (secondary N) is 1. The lowest BCUT2D eigenvalue weighted by molar-refractivity contribution is -0.120. The van der Waals surface area contributed by atoms with Crippen LogP contribution in [0, 0.1) is 13.8 Å². The van der Waals surface area contributed by atoms with Gasteiger partial charge in [0.05, 0.1) is 17.7 Å². The van der Waals surface area contributed by atoms with Crippen molar-refractivity contribution in [3.63, 3.8) is 0 Å². The Morgan fingerprint density at radius 1 is 1.15 bits per heavy atom. The fourth-order valence-corrected chi connectivity index (χ4v) is 3.11. The molecule has 2 aromatic carbocycles. The van der Waals surface area contributed by atoms with Crippen LogP contribution >= 0.6 is 15.9 Å². The van der Waals surface area contributed by atoms with E-state index in [-0.39, 0.29) is 5.91 Å². The number of hydrogen-bond donors (Lipinski definition) is 1. The molecule has 0 aliphatic carbocycles. The van der Waals surface area contributed by atoms with E-state index in [0.29, 0.717) is 19.6 Å². The number of aryl methyl sites for hydroxylation is 2. The number of hydrogen-bond acceptors (Lipinski definition) is 4. The smallest absolute Gasteiger partial charge is 0.224 e. The van der Waals surface area contributed by atoms with Gasteiger partial charge in [-0.05, 0) is 49.2 Å². The quantitative estimate of drug-likeness (QED) is 0.601. The van der Waals surface area contributed by atoms with Gasteiger partial charge in [-0.1, -0.05) is 45.4 Å². The molecule has 1 amide bonds. The number of amides is 1. The van der Waals surface area contributed by atoms with E-state index in [0.717, 1.165) is 38.4 Å². The highest BCUT2D eigenvalue weighted by atomic mass is 79.9. The van der Waals surface area contributed by atoms with Crippen LogP contribution in [0.2, 0.25) is 0 Å². The Morgan fingerprint density at radius 3 is 2.59 bits per heavy atom. The number of benzene rings is 2. The van der Waals surface area contributed by atoms with E-state index in [9.17, 15) is 4.79 Å². The molecule has 5 nitrogen and oxygen atoms in total. The van der Waals surface area contributed by atoms with Crippen molar-refractivity contribution in [2.75, 3.05) is 0 Å². The summed E-state index contributed by atoms with van der Waals surface area (Å²) in [5.41, 5.74) is 3.80. The second-order valence-corrected chi connectivity index (χ2v) is 7.23. The zero-order valence-electron chi connectivity index (χ0n) is 15.3. The molecule has 0 aliphatic rings. The summed E-state index contributed by atoms with van der Waals surface area (Å²) in [5, 5.41) is 6.85. The maximum atomic E-state index is 12.1. The lowest BCUT2D eigenvalue weighted by Crippen LogP contribution is -2.24. The highest BCUT2D eigenvalue weighted by Crippen LogP contribution is 2.18. The average Bonchev–Trinajstić information content (AvgIpc) is 2.97. The maximum absolute atomic E-state index is 12.1. The molecule has 0 radical (unpaired) electrons. The highest BCUT2D eigenvalue weighted by molar-refractivity contribution is 9.10. The molecule has 0 fully saturated rings. The van der Waals surface area contributed by atoms with Crippen molar-refractivity contribution in [2.24, 2.45) is 0 Å². The van der Waals surface area contributed by atoms with Crippen molar-refractivity contribution >= 4 is 21.8 Å². The Morgan fingerprint density at radius 2 is 1.93 bits per heavy atom. The minimum absolute atomic E-state index is 0.0145. The normalized spacial score (nSPS) is 10.6. The molecule has 0 spiro atoms. The number of halogens is 1. The van der Waals surface area contributed by atoms with E-state index in [1.807, 2.05) is 62.4 Å². The van der Waals surface area contributed by atoms with E-state index in [1.54, 1.807) is 0 Å². The van der Waals surface area contributed by atoms with Crippen molar-refractivity contribution in [3.05, 3.63) is 81.1 Å². The maximum Gasteiger partial charge on any atom is 0.224 e. The monoisotopic (exact) mass is 428 g/mol. The molecule has 6 heteroatoms. The minimum atomic E-state index is -0.0145. The van der Waals surface area contributed by atoms with Crippen molar-refractivity contribution in [1.29, 1.82) is 0 Å². The van der Waals surface area contributed by atoms with Crippen molar-refractivity contribution in [3.8, 4) is 5.75 Å². The van der Waals surface area contributed by atoms with Crippen molar-refractivity contribution in [2.45, 2.75) is 33.4 Å². The van der Waals surface area contributed by atoms with Gasteiger partial charge in [0.15, 0.2) is 0 Å². The number of aromatic nitrogens is 1. The van der Waals surface area contributed by atoms with E-state index >= 15 is 0 Å². The summed E-state index contributed by atoms with van der Waals surface area (Å²) in [6.07, 6.45) is 0.331. The van der Waals surface area contributed by atoms with Gasteiger partial charge in [-0.3, -0.25) is 4.79 Å². The predicted molar refractivity (Wildman–Crippen MR) is 106 cm³/mol. The highest BCUT2D eigenvalue weighted by Gasteiger charge is 2.10. The Labute approximate surface area is 166 Å². The van der Waals surface area contributed by atoms with Gasteiger partial charge in [0.2, 0.25) is 5.91 Å². The van der Waals surface area contributed by atoms with E-state index < -0.39 is 0 Å². The van der Waals surface area contributed by atoms with Crippen LogP contribution in [0.15, 0.2) is 57.5 Å². The average molecular weight is 429 g/mol. The number of ether oxygens (including phenoxy) is 1. The Kier molecular flexibility index (Phi) is 6.29. The molecule has 3 rings (SSSR count). The summed E-state index contributed by atoms with van der Waals surface area (Å²) in [4.78, 5) is 12.1. The Bertz CT molecular complexity index is 900. The zero-order valence-corrected chi connectivity index (χ0v) is 16.9. The number of rotatable bonds is 7. The first kappa shape index (κ1) is 19.2. The first-order valence-corrected chi connectivity index (χ1v) is 9.45. The van der Waals surface area contributed by atoms with Crippen LogP contribution in [-0.2, 0) is 24.4 Å². The lowest BCUT2D eigenvalue weighted by Gasteiger charge is -2.08. The fraction of sp³-hybridized carbons (Fsp3) is 0.238. The van der Waals surface area contributed by atoms with Crippen LogP contribution in [0.3, 0.4) is 0 Å². The third-order valence-corrected chi connectivity index (χ3v) is 4.72. The molecule has 0 saturated carbocycles. The molecule has 140 valence electrons. The second-order valence-electron chi connectivity index (χ2n) is 6.32. The number of carbonyl (C=O) groups excluding carboxylic acids is 1. The first-order chi connectivity index (χ1) is 13.0. The van der Waals surface area contributed by atoms with Gasteiger partial charge in [-0.15, -0.1) is 0 Å². The van der Waals surface area contributed by atoms with Gasteiger partial charge in [-0.2, -0.15) is 0 Å². The van der Waals surface area contributed by atoms with E-state index in [1.165, 1.54) is 0 Å². The third-order valence-electron chi connectivity index (χ3n) is 4.23. The van der Waals surface area contributed by atoms with Gasteiger partial charge < -0.3 is 14.6 Å². The molecule has 27 heavy (non-hydrogen) atoms. The summed E-state index contributed by atoms with van der Waals surface area (Å²) in [5.74, 6) is 1.50. The predicted octanol–water partition coefficient (Wildman–Crippen LogP) is 4.49. The summed E-state index contributed by atoms with van der Waals surface area (Å²) < 4.78 is 11.9. The Balaban J connectivity index is 1.49. The molecular weight excluding hydrogens is 408 g/mol. The largest absolute Gasteiger partial charge is 0.489 e. The van der Waals surface area contributed by atoms with Crippen molar-refractivity contribution < 1.29 is 14.1 Å². The summed E-state index contributed by atoms with van der Waals surface area (Å²) >= 11 is 3.43. The number of carbonyl (C=O) groups is 1. The fourth-order valence-electron chi connectivity index (χ4n) is 2.66. The summed E-state index contributed by atoms with van der Waals surface area (Å²) in [6, 6.07) is 15.4. The molecule has 0 atom stereocenters. The van der Waals surface area contributed by atoms with Crippen LogP contribution in [0.25, 0.3) is 0 Å². The molecule has 0 aliphatic heterocycles. The van der Waals surface area contributed by atoms with Crippen LogP contribution in [0.5, 0.6) is 5.75 Å². The number of nitrogens with zero attached hydrogens (tertiary/aromatic N) is 1. The molecule has 0 unspecified atom stereocenters. The van der Waals surface area contributed by atoms with Gasteiger partial charge >= 0.3 is 0 Å². The van der Waals surface area contributed by atoms with E-state index in [4.69, 9.17) is 9.26 Å². The standard InChI is InChI=1S/C21H21BrN2O3/c1-14-20(15(2)27-24-14)13-26-19-8-6-16(7-9-19)11-21(25)23-12-17-4-3-5-18(22)10-17/h3-10H,11-13H2,1-2H3,(H,23,25). The molecule has 1 aromatic heterocycles. The first-order valence-electron chi connectivity index (χ1n) is 8.66. The summed E-state index contributed by atoms with van der Waals surface area (Å²) in [6.45, 7) is 4.68. The molecule has 0 saturated heterocycles. The van der Waals surface area contributed by atoms with Crippen LogP contribution in [0.4, 0.5) is 0 Å². The van der Waals surface area contributed by atoms with Crippen LogP contribution in [0.1, 0.15) is 28.1 Å². The van der Waals surface area contributed by atoms with Crippen LogP contribution in [-0.4, -0.2) is 11.1 Å². The van der Waals surface area contributed by atoms with Gasteiger partial charge in [0, 0.05) is 11.0 Å². The molecule has 1 N–H and O–H groups in total. The molecule has 0 bridgehead atoms. The zero-order chi connectivity index (χ0) is 19.2. The SMILES string of the molecule is Cc1noc(C)c1COc1ccc(CC(=O)NCc2cccc(Br)c2)cc1. The summed E-state index contributed by atoms with van der Waals surface area (Å²) in [7, 11) is 0. The third kappa shape index (κ3) is 5.44. The van der Waals surface area contributed by atoms with Crippen LogP contribution < -0.4 is 10.1 Å². The topological polar surface area (TPSA) is 64.4 Å². The van der Waals surface area contributed by atoms with E-state index in [2.05, 4.69) is 26.4 Å². The van der Waals surface area contributed by atoms with Gasteiger partial charge in [0.25, 0.3) is 0 Å². The lowest BCUT2D eigenvalue weighted by atomic mass is 10.1. The Hall–Kier alpha value is -2.60. The molecule has 1 heterocycles.